The first-order valence-electron chi connectivity index (χ1n) is 5.99. The minimum Gasteiger partial charge on any atom is -0.229 e. The zero-order valence-electron chi connectivity index (χ0n) is 10.9. The average Bonchev–Trinajstić information content (AvgIpc) is 2.12. The molecule has 0 aromatic heterocycles. The fourth-order valence-corrected chi connectivity index (χ4v) is 5.03. The van der Waals surface area contributed by atoms with Crippen LogP contribution in [0.25, 0.3) is 0 Å². The van der Waals surface area contributed by atoms with Gasteiger partial charge in [0.2, 0.25) is 0 Å². The van der Waals surface area contributed by atoms with Crippen LogP contribution >= 0.6 is 15.9 Å². The number of halogens is 1. The Bertz CT molecular complexity index is 278. The second-order valence-electron chi connectivity index (χ2n) is 5.54. The van der Waals surface area contributed by atoms with E-state index in [4.69, 9.17) is 0 Å². The van der Waals surface area contributed by atoms with Crippen molar-refractivity contribution in [3.05, 3.63) is 0 Å². The molecular formula is C12H25BrO2S. The summed E-state index contributed by atoms with van der Waals surface area (Å²) in [5.74, 6) is 0.852. The molecular weight excluding hydrogens is 288 g/mol. The predicted molar refractivity (Wildman–Crippen MR) is 74.9 cm³/mol. The fourth-order valence-electron chi connectivity index (χ4n) is 1.49. The molecule has 0 aliphatic heterocycles. The maximum Gasteiger partial charge on any atom is 0.150 e. The lowest BCUT2D eigenvalue weighted by molar-refractivity contribution is 0.291. The van der Waals surface area contributed by atoms with E-state index in [1.807, 2.05) is 0 Å². The van der Waals surface area contributed by atoms with E-state index in [2.05, 4.69) is 43.6 Å². The lowest BCUT2D eigenvalue weighted by Gasteiger charge is -2.28. The highest BCUT2D eigenvalue weighted by molar-refractivity contribution is 9.09. The van der Waals surface area contributed by atoms with Crippen LogP contribution in [0.4, 0.5) is 0 Å². The number of sulfone groups is 1. The zero-order chi connectivity index (χ0) is 12.8. The summed E-state index contributed by atoms with van der Waals surface area (Å²) in [7, 11) is -2.88. The quantitative estimate of drug-likeness (QED) is 0.531. The average molecular weight is 313 g/mol. The first kappa shape index (κ1) is 16.4. The summed E-state index contributed by atoms with van der Waals surface area (Å²) >= 11 is 3.42. The third kappa shape index (κ3) is 6.89. The molecule has 0 fully saturated rings. The van der Waals surface area contributed by atoms with Crippen LogP contribution in [0.15, 0.2) is 0 Å². The van der Waals surface area contributed by atoms with E-state index in [9.17, 15) is 8.42 Å². The van der Waals surface area contributed by atoms with Crippen LogP contribution in [0, 0.1) is 11.3 Å². The van der Waals surface area contributed by atoms with Gasteiger partial charge in [-0.15, -0.1) is 0 Å². The Morgan fingerprint density at radius 2 is 1.75 bits per heavy atom. The molecule has 4 heteroatoms. The first-order chi connectivity index (χ1) is 7.23. The fraction of sp³-hybridized carbons (Fsp3) is 1.00. The van der Waals surface area contributed by atoms with Crippen LogP contribution < -0.4 is 0 Å². The maximum atomic E-state index is 11.9. The summed E-state index contributed by atoms with van der Waals surface area (Å²) in [6.45, 7) is 8.38. The van der Waals surface area contributed by atoms with Crippen molar-refractivity contribution in [3.8, 4) is 0 Å². The van der Waals surface area contributed by atoms with Crippen molar-refractivity contribution in [2.24, 2.45) is 11.3 Å². The van der Waals surface area contributed by atoms with Gasteiger partial charge in [-0.1, -0.05) is 56.5 Å². The van der Waals surface area contributed by atoms with Crippen LogP contribution in [-0.4, -0.2) is 25.3 Å². The molecule has 0 saturated heterocycles. The summed E-state index contributed by atoms with van der Waals surface area (Å²) in [5.41, 5.74) is 0.0430. The highest BCUT2D eigenvalue weighted by Gasteiger charge is 2.28. The van der Waals surface area contributed by atoms with Crippen LogP contribution in [0.3, 0.4) is 0 Å². The maximum absolute atomic E-state index is 11.9. The molecule has 98 valence electrons. The van der Waals surface area contributed by atoms with Crippen LogP contribution in [0.2, 0.25) is 0 Å². The number of alkyl halides is 1. The van der Waals surface area contributed by atoms with Crippen molar-refractivity contribution in [2.75, 3.05) is 16.8 Å². The molecule has 0 heterocycles. The molecule has 2 nitrogen and oxygen atoms in total. The van der Waals surface area contributed by atoms with E-state index in [1.165, 1.54) is 0 Å². The van der Waals surface area contributed by atoms with E-state index in [0.29, 0.717) is 11.5 Å². The summed E-state index contributed by atoms with van der Waals surface area (Å²) in [4.78, 5) is 0. The normalized spacial score (nSPS) is 15.1. The van der Waals surface area contributed by atoms with Gasteiger partial charge in [-0.3, -0.25) is 0 Å². The molecule has 0 rings (SSSR count). The Labute approximate surface area is 109 Å². The second-order valence-corrected chi connectivity index (χ2v) is 8.41. The van der Waals surface area contributed by atoms with Gasteiger partial charge in [-0.25, -0.2) is 8.42 Å². The number of unbranched alkanes of at least 4 members (excludes halogenated alkanes) is 2. The smallest absolute Gasteiger partial charge is 0.150 e. The second kappa shape index (κ2) is 7.00. The number of hydrogen-bond acceptors (Lipinski definition) is 2. The van der Waals surface area contributed by atoms with Gasteiger partial charge in [-0.05, 0) is 17.8 Å². The minimum atomic E-state index is -2.88. The number of hydrogen-bond donors (Lipinski definition) is 0. The van der Waals surface area contributed by atoms with Gasteiger partial charge in [0.15, 0.2) is 9.84 Å². The van der Waals surface area contributed by atoms with Crippen LogP contribution in [-0.2, 0) is 9.84 Å². The Kier molecular flexibility index (Phi) is 7.18. The van der Waals surface area contributed by atoms with E-state index >= 15 is 0 Å². The zero-order valence-corrected chi connectivity index (χ0v) is 13.3. The third-order valence-corrected chi connectivity index (χ3v) is 5.53. The first-order valence-corrected chi connectivity index (χ1v) is 8.93. The molecule has 0 aliphatic rings. The summed E-state index contributed by atoms with van der Waals surface area (Å²) in [6, 6.07) is 0. The van der Waals surface area contributed by atoms with Crippen molar-refractivity contribution in [2.45, 2.75) is 47.0 Å². The predicted octanol–water partition coefficient (Wildman–Crippen LogP) is 3.65. The van der Waals surface area contributed by atoms with Gasteiger partial charge >= 0.3 is 0 Å². The lowest BCUT2D eigenvalue weighted by Crippen LogP contribution is -2.30. The van der Waals surface area contributed by atoms with Crippen LogP contribution in [0.1, 0.15) is 47.0 Å². The van der Waals surface area contributed by atoms with Crippen molar-refractivity contribution >= 4 is 25.8 Å². The van der Waals surface area contributed by atoms with Gasteiger partial charge in [-0.2, -0.15) is 0 Å². The summed E-state index contributed by atoms with van der Waals surface area (Å²) in [6.07, 6.45) is 2.88. The molecule has 0 aromatic carbocycles. The molecule has 1 unspecified atom stereocenters. The minimum absolute atomic E-state index is 0.0430. The molecule has 0 spiro atoms. The van der Waals surface area contributed by atoms with Gasteiger partial charge in [0.05, 0.1) is 11.5 Å². The molecule has 0 aromatic rings. The molecule has 1 atom stereocenters. The molecule has 0 bridgehead atoms. The standard InChI is InChI=1S/C12H25BrO2S/c1-5-6-7-8-16(14,15)10-11(9-13)12(2,3)4/h11H,5-10H2,1-4H3. The van der Waals surface area contributed by atoms with Crippen molar-refractivity contribution in [1.82, 2.24) is 0 Å². The van der Waals surface area contributed by atoms with E-state index in [1.54, 1.807) is 0 Å². The molecule has 16 heavy (non-hydrogen) atoms. The molecule has 0 radical (unpaired) electrons. The summed E-state index contributed by atoms with van der Waals surface area (Å²) < 4.78 is 23.8. The highest BCUT2D eigenvalue weighted by Crippen LogP contribution is 2.29. The molecule has 0 saturated carbocycles. The SMILES string of the molecule is CCCCCS(=O)(=O)CC(CBr)C(C)(C)C. The lowest BCUT2D eigenvalue weighted by atomic mass is 9.83. The van der Waals surface area contributed by atoms with E-state index in [-0.39, 0.29) is 11.3 Å². The van der Waals surface area contributed by atoms with Crippen molar-refractivity contribution in [3.63, 3.8) is 0 Å². The Hall–Kier alpha value is 0.430. The molecule has 0 aliphatic carbocycles. The van der Waals surface area contributed by atoms with E-state index in [0.717, 1.165) is 24.6 Å². The van der Waals surface area contributed by atoms with Gasteiger partial charge < -0.3 is 0 Å². The van der Waals surface area contributed by atoms with Gasteiger partial charge in [0, 0.05) is 5.33 Å². The van der Waals surface area contributed by atoms with Crippen molar-refractivity contribution in [1.29, 1.82) is 0 Å². The summed E-state index contributed by atoms with van der Waals surface area (Å²) in [5, 5.41) is 0.753. The Morgan fingerprint density at radius 3 is 2.12 bits per heavy atom. The topological polar surface area (TPSA) is 34.1 Å². The molecule has 0 amide bonds. The Morgan fingerprint density at radius 1 is 1.19 bits per heavy atom. The molecule has 0 N–H and O–H groups in total. The highest BCUT2D eigenvalue weighted by atomic mass is 79.9. The largest absolute Gasteiger partial charge is 0.229 e. The number of rotatable bonds is 7. The monoisotopic (exact) mass is 312 g/mol. The van der Waals surface area contributed by atoms with Gasteiger partial charge in [0.25, 0.3) is 0 Å². The van der Waals surface area contributed by atoms with Crippen LogP contribution in [0.5, 0.6) is 0 Å². The van der Waals surface area contributed by atoms with E-state index < -0.39 is 9.84 Å². The Balaban J connectivity index is 4.33. The van der Waals surface area contributed by atoms with Gasteiger partial charge in [0.1, 0.15) is 0 Å². The third-order valence-electron chi connectivity index (χ3n) is 2.93. The van der Waals surface area contributed by atoms with Crippen molar-refractivity contribution < 1.29 is 8.42 Å².